The Balaban J connectivity index is 2.15. The maximum Gasteiger partial charge on any atom is 0.232 e. The van der Waals surface area contributed by atoms with Gasteiger partial charge < -0.3 is 0 Å². The van der Waals surface area contributed by atoms with Crippen LogP contribution in [0.25, 0.3) is 0 Å². The predicted octanol–water partition coefficient (Wildman–Crippen LogP) is 3.72. The lowest BCUT2D eigenvalue weighted by atomic mass is 9.85. The molecule has 0 unspecified atom stereocenters. The molecule has 1 rings (SSSR count). The lowest BCUT2D eigenvalue weighted by Gasteiger charge is -2.28. The van der Waals surface area contributed by atoms with Gasteiger partial charge in [0.05, 0.1) is 0 Å². The van der Waals surface area contributed by atoms with Crippen LogP contribution in [0.5, 0.6) is 0 Å². The number of hydrogen-bond acceptors (Lipinski definition) is 3. The standard InChI is InChI=1S/C15H27NO2S/c1-4-13(17)8-5-12-6-9-14(10-7-12)19-16-15(18)11(2)3/h11-12,14H,4-10H2,1-3H3,(H,16,18). The molecule has 0 saturated heterocycles. The first-order chi connectivity index (χ1) is 9.02. The van der Waals surface area contributed by atoms with E-state index < -0.39 is 0 Å². The van der Waals surface area contributed by atoms with E-state index in [1.807, 2.05) is 20.8 Å². The lowest BCUT2D eigenvalue weighted by Crippen LogP contribution is -2.26. The van der Waals surface area contributed by atoms with Crippen molar-refractivity contribution in [3.05, 3.63) is 0 Å². The van der Waals surface area contributed by atoms with Crippen LogP contribution in [0.3, 0.4) is 0 Å². The number of rotatable bonds is 7. The first-order valence-corrected chi connectivity index (χ1v) is 8.38. The Morgan fingerprint density at radius 3 is 2.37 bits per heavy atom. The first-order valence-electron chi connectivity index (χ1n) is 7.50. The minimum atomic E-state index is 0.0592. The summed E-state index contributed by atoms with van der Waals surface area (Å²) in [6.07, 6.45) is 7.21. The maximum absolute atomic E-state index is 11.5. The summed E-state index contributed by atoms with van der Waals surface area (Å²) in [6, 6.07) is 0. The Morgan fingerprint density at radius 1 is 1.21 bits per heavy atom. The second kappa shape index (κ2) is 8.62. The number of amides is 1. The molecule has 0 aromatic heterocycles. The average Bonchev–Trinajstić information content (AvgIpc) is 2.42. The van der Waals surface area contributed by atoms with Gasteiger partial charge in [0.2, 0.25) is 5.91 Å². The molecule has 1 fully saturated rings. The van der Waals surface area contributed by atoms with Gasteiger partial charge in [0.1, 0.15) is 5.78 Å². The van der Waals surface area contributed by atoms with Gasteiger partial charge in [0.15, 0.2) is 0 Å². The fourth-order valence-corrected chi connectivity index (χ4v) is 3.37. The fourth-order valence-electron chi connectivity index (χ4n) is 2.34. The van der Waals surface area contributed by atoms with Crippen molar-refractivity contribution in [3.63, 3.8) is 0 Å². The second-order valence-corrected chi connectivity index (χ2v) is 6.92. The van der Waals surface area contributed by atoms with Gasteiger partial charge in [-0.1, -0.05) is 20.8 Å². The van der Waals surface area contributed by atoms with Crippen LogP contribution in [-0.2, 0) is 9.59 Å². The third-order valence-corrected chi connectivity index (χ3v) is 4.99. The van der Waals surface area contributed by atoms with E-state index >= 15 is 0 Å². The molecule has 1 N–H and O–H groups in total. The highest BCUT2D eigenvalue weighted by Gasteiger charge is 2.22. The van der Waals surface area contributed by atoms with E-state index in [2.05, 4.69) is 4.72 Å². The number of Topliss-reactive ketones (excluding diaryl/α,β-unsaturated/α-hetero) is 1. The summed E-state index contributed by atoms with van der Waals surface area (Å²) in [5.41, 5.74) is 0. The van der Waals surface area contributed by atoms with Crippen LogP contribution in [0.2, 0.25) is 0 Å². The molecule has 0 spiro atoms. The molecular weight excluding hydrogens is 258 g/mol. The zero-order valence-corrected chi connectivity index (χ0v) is 13.2. The second-order valence-electron chi connectivity index (χ2n) is 5.81. The summed E-state index contributed by atoms with van der Waals surface area (Å²) in [4.78, 5) is 22.8. The van der Waals surface area contributed by atoms with Gasteiger partial charge >= 0.3 is 0 Å². The maximum atomic E-state index is 11.5. The summed E-state index contributed by atoms with van der Waals surface area (Å²) in [5.74, 6) is 1.29. The molecule has 1 aliphatic carbocycles. The van der Waals surface area contributed by atoms with Crippen molar-refractivity contribution < 1.29 is 9.59 Å². The number of nitrogens with one attached hydrogen (secondary N) is 1. The van der Waals surface area contributed by atoms with E-state index in [-0.39, 0.29) is 11.8 Å². The molecule has 1 aliphatic rings. The highest BCUT2D eigenvalue weighted by atomic mass is 32.2. The number of carbonyl (C=O) groups excluding carboxylic acids is 2. The highest BCUT2D eigenvalue weighted by molar-refractivity contribution is 7.98. The van der Waals surface area contributed by atoms with E-state index in [1.165, 1.54) is 12.8 Å². The van der Waals surface area contributed by atoms with E-state index in [9.17, 15) is 9.59 Å². The summed E-state index contributed by atoms with van der Waals surface area (Å²) in [6.45, 7) is 5.77. The van der Waals surface area contributed by atoms with E-state index in [4.69, 9.17) is 0 Å². The topological polar surface area (TPSA) is 46.2 Å². The minimum absolute atomic E-state index is 0.0592. The van der Waals surface area contributed by atoms with E-state index in [0.717, 1.165) is 25.7 Å². The van der Waals surface area contributed by atoms with Gasteiger partial charge in [-0.2, -0.15) is 0 Å². The first kappa shape index (κ1) is 16.5. The van der Waals surface area contributed by atoms with Gasteiger partial charge in [0.25, 0.3) is 0 Å². The molecule has 3 nitrogen and oxygen atoms in total. The molecule has 110 valence electrons. The Morgan fingerprint density at radius 2 is 1.84 bits per heavy atom. The van der Waals surface area contributed by atoms with Gasteiger partial charge in [0, 0.05) is 24.0 Å². The number of ketones is 1. The summed E-state index contributed by atoms with van der Waals surface area (Å²) < 4.78 is 2.95. The van der Waals surface area contributed by atoms with Gasteiger partial charge in [-0.05, 0) is 50.0 Å². The van der Waals surface area contributed by atoms with Gasteiger partial charge in [-0.25, -0.2) is 0 Å². The van der Waals surface area contributed by atoms with Crippen LogP contribution in [0, 0.1) is 11.8 Å². The molecule has 0 bridgehead atoms. The molecule has 1 amide bonds. The number of hydrogen-bond donors (Lipinski definition) is 1. The third-order valence-electron chi connectivity index (χ3n) is 3.87. The van der Waals surface area contributed by atoms with E-state index in [0.29, 0.717) is 23.4 Å². The van der Waals surface area contributed by atoms with Crippen LogP contribution in [0.4, 0.5) is 0 Å². The smallest absolute Gasteiger partial charge is 0.232 e. The largest absolute Gasteiger partial charge is 0.300 e. The zero-order chi connectivity index (χ0) is 14.3. The van der Waals surface area contributed by atoms with Crippen molar-refractivity contribution in [2.75, 3.05) is 0 Å². The Bertz CT molecular complexity index is 297. The summed E-state index contributed by atoms with van der Waals surface area (Å²) in [5, 5.41) is 0.556. The molecule has 0 heterocycles. The molecular formula is C15H27NO2S. The highest BCUT2D eigenvalue weighted by Crippen LogP contribution is 2.33. The Kier molecular flexibility index (Phi) is 7.51. The monoisotopic (exact) mass is 285 g/mol. The summed E-state index contributed by atoms with van der Waals surface area (Å²) in [7, 11) is 0. The van der Waals surface area contributed by atoms with Crippen LogP contribution in [0.15, 0.2) is 0 Å². The lowest BCUT2D eigenvalue weighted by molar-refractivity contribution is -0.122. The van der Waals surface area contributed by atoms with Crippen LogP contribution >= 0.6 is 11.9 Å². The van der Waals surface area contributed by atoms with Crippen molar-refractivity contribution in [2.45, 2.75) is 71.0 Å². The van der Waals surface area contributed by atoms with Crippen molar-refractivity contribution in [1.82, 2.24) is 4.72 Å². The molecule has 0 aromatic rings. The summed E-state index contributed by atoms with van der Waals surface area (Å²) >= 11 is 1.60. The van der Waals surface area contributed by atoms with E-state index in [1.54, 1.807) is 11.9 Å². The van der Waals surface area contributed by atoms with Crippen molar-refractivity contribution in [2.24, 2.45) is 11.8 Å². The third kappa shape index (κ3) is 6.46. The minimum Gasteiger partial charge on any atom is -0.300 e. The molecule has 0 atom stereocenters. The fraction of sp³-hybridized carbons (Fsp3) is 0.867. The quantitative estimate of drug-likeness (QED) is 0.725. The van der Waals surface area contributed by atoms with Gasteiger partial charge in [-0.15, -0.1) is 0 Å². The molecule has 0 aromatic carbocycles. The molecule has 0 radical (unpaired) electrons. The molecule has 0 aliphatic heterocycles. The van der Waals surface area contributed by atoms with Crippen LogP contribution in [0.1, 0.15) is 65.7 Å². The van der Waals surface area contributed by atoms with Crippen LogP contribution in [-0.4, -0.2) is 16.9 Å². The Labute approximate surface area is 121 Å². The normalized spacial score (nSPS) is 23.4. The van der Waals surface area contributed by atoms with Crippen molar-refractivity contribution in [1.29, 1.82) is 0 Å². The molecule has 1 saturated carbocycles. The number of carbonyl (C=O) groups is 2. The van der Waals surface area contributed by atoms with Gasteiger partial charge in [-0.3, -0.25) is 14.3 Å². The van der Waals surface area contributed by atoms with Crippen LogP contribution < -0.4 is 4.72 Å². The Hall–Kier alpha value is -0.510. The molecule has 4 heteroatoms. The van der Waals surface area contributed by atoms with Crippen molar-refractivity contribution >= 4 is 23.6 Å². The van der Waals surface area contributed by atoms with Crippen molar-refractivity contribution in [3.8, 4) is 0 Å². The predicted molar refractivity (Wildman–Crippen MR) is 80.8 cm³/mol. The average molecular weight is 285 g/mol. The molecule has 19 heavy (non-hydrogen) atoms. The SMILES string of the molecule is CCC(=O)CCC1CCC(SNC(=O)C(C)C)CC1. The zero-order valence-electron chi connectivity index (χ0n) is 12.4.